The van der Waals surface area contributed by atoms with E-state index in [1.54, 1.807) is 13.2 Å². The van der Waals surface area contributed by atoms with Gasteiger partial charge in [0.2, 0.25) is 0 Å². The number of ether oxygens (including phenoxy) is 1. The molecule has 2 aromatic rings. The van der Waals surface area contributed by atoms with Crippen LogP contribution in [0.2, 0.25) is 0 Å². The molecule has 96 valence electrons. The molecule has 4 nitrogen and oxygen atoms in total. The standard InChI is InChI=1S/C14H11NO3S/c1-18-11-4-2-9(3-5-11)12-8-10(6-7-15)13(19-12)14(16)17/h2-5,8H,6H2,1H3,(H,16,17). The molecule has 1 aromatic carbocycles. The average Bonchev–Trinajstić information content (AvgIpc) is 2.83. The normalized spacial score (nSPS) is 9.89. The number of rotatable bonds is 4. The number of nitrogens with zero attached hydrogens (tertiary/aromatic N) is 1. The van der Waals surface area contributed by atoms with Crippen molar-refractivity contribution >= 4 is 17.3 Å². The van der Waals surface area contributed by atoms with Crippen molar-refractivity contribution in [2.75, 3.05) is 7.11 Å². The van der Waals surface area contributed by atoms with Crippen molar-refractivity contribution in [2.45, 2.75) is 6.42 Å². The summed E-state index contributed by atoms with van der Waals surface area (Å²) in [6.07, 6.45) is 0.105. The second-order valence-corrected chi connectivity index (χ2v) is 4.89. The van der Waals surface area contributed by atoms with Gasteiger partial charge in [-0.1, -0.05) is 0 Å². The Hall–Kier alpha value is -2.32. The summed E-state index contributed by atoms with van der Waals surface area (Å²) in [7, 11) is 1.59. The van der Waals surface area contributed by atoms with Crippen LogP contribution in [0.25, 0.3) is 10.4 Å². The maximum absolute atomic E-state index is 11.1. The Morgan fingerprint density at radius 1 is 1.42 bits per heavy atom. The van der Waals surface area contributed by atoms with Gasteiger partial charge in [0.1, 0.15) is 10.6 Å². The molecule has 0 spiro atoms. The van der Waals surface area contributed by atoms with Crippen LogP contribution in [-0.4, -0.2) is 18.2 Å². The molecule has 1 aromatic heterocycles. The van der Waals surface area contributed by atoms with Crippen molar-refractivity contribution in [2.24, 2.45) is 0 Å². The van der Waals surface area contributed by atoms with Crippen LogP contribution in [0.4, 0.5) is 0 Å². The van der Waals surface area contributed by atoms with Gasteiger partial charge in [0, 0.05) is 4.88 Å². The molecule has 5 heteroatoms. The summed E-state index contributed by atoms with van der Waals surface area (Å²) >= 11 is 1.18. The Morgan fingerprint density at radius 2 is 2.11 bits per heavy atom. The van der Waals surface area contributed by atoms with Crippen LogP contribution in [0.5, 0.6) is 5.75 Å². The lowest BCUT2D eigenvalue weighted by molar-refractivity contribution is 0.0701. The third-order valence-corrected chi connectivity index (χ3v) is 3.86. The van der Waals surface area contributed by atoms with E-state index in [9.17, 15) is 4.79 Å². The molecule has 0 aliphatic heterocycles. The van der Waals surface area contributed by atoms with Crippen molar-refractivity contribution in [1.29, 1.82) is 5.26 Å². The predicted molar refractivity (Wildman–Crippen MR) is 72.6 cm³/mol. The average molecular weight is 273 g/mol. The molecule has 0 fully saturated rings. The van der Waals surface area contributed by atoms with E-state index in [1.807, 2.05) is 30.3 Å². The van der Waals surface area contributed by atoms with Gasteiger partial charge >= 0.3 is 5.97 Å². The van der Waals surface area contributed by atoms with E-state index in [2.05, 4.69) is 0 Å². The fourth-order valence-electron chi connectivity index (χ4n) is 1.72. The summed E-state index contributed by atoms with van der Waals surface area (Å²) in [5.41, 5.74) is 1.48. The number of nitriles is 1. The van der Waals surface area contributed by atoms with Crippen LogP contribution in [0, 0.1) is 11.3 Å². The van der Waals surface area contributed by atoms with Gasteiger partial charge < -0.3 is 9.84 Å². The van der Waals surface area contributed by atoms with Crippen molar-refractivity contribution < 1.29 is 14.6 Å². The Labute approximate surface area is 114 Å². The monoisotopic (exact) mass is 273 g/mol. The van der Waals surface area contributed by atoms with Gasteiger partial charge in [-0.2, -0.15) is 5.26 Å². The molecule has 0 bridgehead atoms. The summed E-state index contributed by atoms with van der Waals surface area (Å²) in [5, 5.41) is 17.8. The van der Waals surface area contributed by atoms with Gasteiger partial charge in [-0.15, -0.1) is 11.3 Å². The molecule has 0 aliphatic rings. The SMILES string of the molecule is COc1ccc(-c2cc(CC#N)c(C(=O)O)s2)cc1. The topological polar surface area (TPSA) is 70.3 Å². The number of carbonyl (C=O) groups is 1. The van der Waals surface area contributed by atoms with Crippen LogP contribution < -0.4 is 4.74 Å². The van der Waals surface area contributed by atoms with Gasteiger partial charge in [0.25, 0.3) is 0 Å². The Morgan fingerprint density at radius 3 is 2.63 bits per heavy atom. The number of carboxylic acid groups (broad SMARTS) is 1. The minimum absolute atomic E-state index is 0.105. The Balaban J connectivity index is 2.42. The maximum atomic E-state index is 11.1. The van der Waals surface area contributed by atoms with Gasteiger partial charge in [0.15, 0.2) is 0 Å². The molecular formula is C14H11NO3S. The molecular weight excluding hydrogens is 262 g/mol. The number of carboxylic acids is 1. The lowest BCUT2D eigenvalue weighted by Crippen LogP contribution is -1.96. The van der Waals surface area contributed by atoms with Crippen LogP contribution in [0.3, 0.4) is 0 Å². The third kappa shape index (κ3) is 2.75. The highest BCUT2D eigenvalue weighted by molar-refractivity contribution is 7.17. The van der Waals surface area contributed by atoms with E-state index in [-0.39, 0.29) is 11.3 Å². The zero-order valence-electron chi connectivity index (χ0n) is 10.2. The number of benzene rings is 1. The van der Waals surface area contributed by atoms with Crippen LogP contribution in [0.1, 0.15) is 15.2 Å². The first-order chi connectivity index (χ1) is 9.15. The maximum Gasteiger partial charge on any atom is 0.346 e. The number of aromatic carboxylic acids is 1. The molecule has 0 unspecified atom stereocenters. The minimum Gasteiger partial charge on any atom is -0.497 e. The second-order valence-electron chi connectivity index (χ2n) is 3.83. The zero-order valence-corrected chi connectivity index (χ0v) is 11.0. The highest BCUT2D eigenvalue weighted by Gasteiger charge is 2.15. The van der Waals surface area contributed by atoms with Crippen LogP contribution >= 0.6 is 11.3 Å². The first-order valence-corrected chi connectivity index (χ1v) is 6.34. The molecule has 19 heavy (non-hydrogen) atoms. The third-order valence-electron chi connectivity index (χ3n) is 2.65. The highest BCUT2D eigenvalue weighted by atomic mass is 32.1. The van der Waals surface area contributed by atoms with E-state index in [1.165, 1.54) is 11.3 Å². The number of methoxy groups -OCH3 is 1. The van der Waals surface area contributed by atoms with E-state index in [4.69, 9.17) is 15.1 Å². The van der Waals surface area contributed by atoms with E-state index in [0.717, 1.165) is 16.2 Å². The molecule has 0 amide bonds. The van der Waals surface area contributed by atoms with E-state index >= 15 is 0 Å². The summed E-state index contributed by atoms with van der Waals surface area (Å²) in [4.78, 5) is 12.2. The lowest BCUT2D eigenvalue weighted by Gasteiger charge is -2.00. The smallest absolute Gasteiger partial charge is 0.346 e. The number of hydrogen-bond donors (Lipinski definition) is 1. The summed E-state index contributed by atoms with van der Waals surface area (Å²) in [5.74, 6) is -0.244. The van der Waals surface area contributed by atoms with Gasteiger partial charge in [0.05, 0.1) is 19.6 Å². The summed E-state index contributed by atoms with van der Waals surface area (Å²) < 4.78 is 5.08. The zero-order chi connectivity index (χ0) is 13.8. The first kappa shape index (κ1) is 13.1. The van der Waals surface area contributed by atoms with Crippen molar-refractivity contribution in [1.82, 2.24) is 0 Å². The molecule has 0 saturated heterocycles. The molecule has 1 N–H and O–H groups in total. The first-order valence-electron chi connectivity index (χ1n) is 5.53. The molecule has 0 saturated carbocycles. The Kier molecular flexibility index (Phi) is 3.83. The minimum atomic E-state index is -0.991. The fraction of sp³-hybridized carbons (Fsp3) is 0.143. The van der Waals surface area contributed by atoms with E-state index in [0.29, 0.717) is 5.56 Å². The Bertz CT molecular complexity index is 638. The molecule has 0 aliphatic carbocycles. The largest absolute Gasteiger partial charge is 0.497 e. The molecule has 0 radical (unpaired) electrons. The second kappa shape index (κ2) is 5.55. The van der Waals surface area contributed by atoms with Gasteiger partial charge in [-0.05, 0) is 41.5 Å². The summed E-state index contributed by atoms with van der Waals surface area (Å²) in [6.45, 7) is 0. The number of thiophene rings is 1. The van der Waals surface area contributed by atoms with Gasteiger partial charge in [-0.3, -0.25) is 0 Å². The van der Waals surface area contributed by atoms with E-state index < -0.39 is 5.97 Å². The van der Waals surface area contributed by atoms with Crippen molar-refractivity contribution in [3.05, 3.63) is 40.8 Å². The summed E-state index contributed by atoms with van der Waals surface area (Å²) in [6, 6.07) is 11.1. The predicted octanol–water partition coefficient (Wildman–Crippen LogP) is 3.19. The molecule has 2 rings (SSSR count). The van der Waals surface area contributed by atoms with Crippen molar-refractivity contribution in [3.63, 3.8) is 0 Å². The van der Waals surface area contributed by atoms with Crippen molar-refractivity contribution in [3.8, 4) is 22.3 Å². The van der Waals surface area contributed by atoms with Gasteiger partial charge in [-0.25, -0.2) is 4.79 Å². The number of hydrogen-bond acceptors (Lipinski definition) is 4. The lowest BCUT2D eigenvalue weighted by atomic mass is 10.1. The molecule has 1 heterocycles. The van der Waals surface area contributed by atoms with Crippen LogP contribution in [-0.2, 0) is 6.42 Å². The highest BCUT2D eigenvalue weighted by Crippen LogP contribution is 2.32. The molecule has 0 atom stereocenters. The van der Waals surface area contributed by atoms with Crippen LogP contribution in [0.15, 0.2) is 30.3 Å². The fourth-order valence-corrected chi connectivity index (χ4v) is 2.75. The quantitative estimate of drug-likeness (QED) is 0.928.